The molecule has 5 heteroatoms. The predicted octanol–water partition coefficient (Wildman–Crippen LogP) is 3.15. The number of fused-ring (bicyclic) bond motifs is 1. The Morgan fingerprint density at radius 2 is 2.25 bits per heavy atom. The molecule has 0 radical (unpaired) electrons. The van der Waals surface area contributed by atoms with Gasteiger partial charge in [0.1, 0.15) is 11.9 Å². The van der Waals surface area contributed by atoms with Gasteiger partial charge in [-0.2, -0.15) is 0 Å². The average molecular weight is 297 g/mol. The molecule has 3 nitrogen and oxygen atoms in total. The van der Waals surface area contributed by atoms with Gasteiger partial charge >= 0.3 is 5.97 Å². The second-order valence-corrected chi connectivity index (χ2v) is 6.36. The molecule has 110 valence electrons. The van der Waals surface area contributed by atoms with Crippen LogP contribution in [-0.2, 0) is 9.53 Å². The van der Waals surface area contributed by atoms with Gasteiger partial charge in [0.05, 0.1) is 7.11 Å². The summed E-state index contributed by atoms with van der Waals surface area (Å²) in [6.45, 7) is 3.94. The number of nitrogens with one attached hydrogen (secondary N) is 1. The van der Waals surface area contributed by atoms with Gasteiger partial charge in [0, 0.05) is 10.9 Å². The lowest BCUT2D eigenvalue weighted by Gasteiger charge is -2.30. The molecule has 1 aromatic carbocycles. The molecule has 1 heterocycles. The van der Waals surface area contributed by atoms with Crippen LogP contribution < -0.4 is 5.32 Å². The van der Waals surface area contributed by atoms with E-state index in [1.54, 1.807) is 6.07 Å². The molecule has 1 aromatic rings. The summed E-state index contributed by atoms with van der Waals surface area (Å²) >= 11 is 1.54. The minimum Gasteiger partial charge on any atom is -0.468 e. The van der Waals surface area contributed by atoms with Crippen LogP contribution in [0.3, 0.4) is 0 Å². The van der Waals surface area contributed by atoms with Crippen molar-refractivity contribution in [3.63, 3.8) is 0 Å². The zero-order valence-electron chi connectivity index (χ0n) is 12.0. The van der Waals surface area contributed by atoms with Crippen molar-refractivity contribution in [2.75, 3.05) is 12.9 Å². The first-order valence-corrected chi connectivity index (χ1v) is 7.78. The van der Waals surface area contributed by atoms with E-state index in [2.05, 4.69) is 5.32 Å². The summed E-state index contributed by atoms with van der Waals surface area (Å²) in [6, 6.07) is 4.75. The summed E-state index contributed by atoms with van der Waals surface area (Å²) in [6.07, 6.45) is 0.876. The van der Waals surface area contributed by atoms with Gasteiger partial charge in [-0.1, -0.05) is 26.0 Å². The van der Waals surface area contributed by atoms with E-state index in [1.807, 2.05) is 19.9 Å². The zero-order valence-corrected chi connectivity index (χ0v) is 12.8. The van der Waals surface area contributed by atoms with Crippen LogP contribution in [0.1, 0.15) is 31.9 Å². The smallest absolute Gasteiger partial charge is 0.323 e. The van der Waals surface area contributed by atoms with Crippen LogP contribution in [0.2, 0.25) is 0 Å². The molecular weight excluding hydrogens is 277 g/mol. The lowest BCUT2D eigenvalue weighted by molar-refractivity contribution is -0.144. The summed E-state index contributed by atoms with van der Waals surface area (Å²) in [7, 11) is 1.39. The fourth-order valence-electron chi connectivity index (χ4n) is 2.44. The van der Waals surface area contributed by atoms with E-state index in [9.17, 15) is 9.18 Å². The monoisotopic (exact) mass is 297 g/mol. The second kappa shape index (κ2) is 6.59. The Morgan fingerprint density at radius 3 is 2.90 bits per heavy atom. The normalized spacial score (nSPS) is 19.6. The number of thioether (sulfide) groups is 1. The van der Waals surface area contributed by atoms with Crippen molar-refractivity contribution in [3.05, 3.63) is 29.6 Å². The first-order valence-electron chi connectivity index (χ1n) is 6.79. The van der Waals surface area contributed by atoms with Gasteiger partial charge < -0.3 is 4.74 Å². The maximum Gasteiger partial charge on any atom is 0.323 e. The van der Waals surface area contributed by atoms with Gasteiger partial charge in [-0.05, 0) is 29.7 Å². The molecule has 20 heavy (non-hydrogen) atoms. The number of rotatable bonds is 4. The van der Waals surface area contributed by atoms with Crippen LogP contribution in [0.4, 0.5) is 4.39 Å². The standard InChI is InChI=1S/C15H20FNO2S/c1-9(2)13(15(18)19-3)17-12-7-8-20-14-10(12)5-4-6-11(14)16/h4-6,9,12-13,17H,7-8H2,1-3H3/t12?,13-/m0/s1. The highest BCUT2D eigenvalue weighted by atomic mass is 32.2. The number of halogens is 1. The molecule has 0 fully saturated rings. The predicted molar refractivity (Wildman–Crippen MR) is 78.3 cm³/mol. The van der Waals surface area contributed by atoms with Gasteiger partial charge in [0.2, 0.25) is 0 Å². The third-order valence-electron chi connectivity index (χ3n) is 3.53. The number of hydrogen-bond acceptors (Lipinski definition) is 4. The topological polar surface area (TPSA) is 38.3 Å². The number of hydrogen-bond donors (Lipinski definition) is 1. The summed E-state index contributed by atoms with van der Waals surface area (Å²) in [5.41, 5.74) is 0.941. The molecule has 0 amide bonds. The second-order valence-electron chi connectivity index (χ2n) is 5.26. The van der Waals surface area contributed by atoms with Crippen molar-refractivity contribution in [2.24, 2.45) is 5.92 Å². The Bertz CT molecular complexity index is 493. The Labute approximate surface area is 123 Å². The van der Waals surface area contributed by atoms with E-state index >= 15 is 0 Å². The number of benzene rings is 1. The third kappa shape index (κ3) is 3.15. The zero-order chi connectivity index (χ0) is 14.7. The maximum absolute atomic E-state index is 13.8. The number of esters is 1. The van der Waals surface area contributed by atoms with Crippen molar-refractivity contribution >= 4 is 17.7 Å². The van der Waals surface area contributed by atoms with Gasteiger partial charge in [-0.15, -0.1) is 11.8 Å². The van der Waals surface area contributed by atoms with Crippen LogP contribution in [-0.4, -0.2) is 24.9 Å². The molecule has 1 aliphatic rings. The minimum atomic E-state index is -0.371. The lowest BCUT2D eigenvalue weighted by atomic mass is 9.98. The molecule has 1 N–H and O–H groups in total. The molecule has 1 aliphatic heterocycles. The maximum atomic E-state index is 13.8. The van der Waals surface area contributed by atoms with Crippen molar-refractivity contribution in [2.45, 2.75) is 37.2 Å². The van der Waals surface area contributed by atoms with Gasteiger partial charge in [-0.25, -0.2) is 4.39 Å². The third-order valence-corrected chi connectivity index (χ3v) is 4.69. The SMILES string of the molecule is COC(=O)[C@@H](NC1CCSc2c(F)cccc21)C(C)C. The van der Waals surface area contributed by atoms with Crippen LogP contribution in [0.5, 0.6) is 0 Å². The molecule has 0 bridgehead atoms. The fourth-order valence-corrected chi connectivity index (χ4v) is 3.58. The molecule has 0 spiro atoms. The highest BCUT2D eigenvalue weighted by Crippen LogP contribution is 2.38. The molecule has 0 saturated carbocycles. The highest BCUT2D eigenvalue weighted by molar-refractivity contribution is 7.99. The van der Waals surface area contributed by atoms with E-state index in [4.69, 9.17) is 4.74 Å². The first-order chi connectivity index (χ1) is 9.54. The first kappa shape index (κ1) is 15.3. The molecule has 2 atom stereocenters. The van der Waals surface area contributed by atoms with E-state index in [1.165, 1.54) is 24.9 Å². The molecule has 0 aromatic heterocycles. The fraction of sp³-hybridized carbons (Fsp3) is 0.533. The minimum absolute atomic E-state index is 0.00606. The van der Waals surface area contributed by atoms with E-state index in [-0.39, 0.29) is 29.8 Å². The quantitative estimate of drug-likeness (QED) is 0.867. The number of carbonyl (C=O) groups is 1. The summed E-state index contributed by atoms with van der Waals surface area (Å²) < 4.78 is 18.7. The Balaban J connectivity index is 2.23. The number of methoxy groups -OCH3 is 1. The Morgan fingerprint density at radius 1 is 1.50 bits per heavy atom. The van der Waals surface area contributed by atoms with Crippen molar-refractivity contribution < 1.29 is 13.9 Å². The lowest BCUT2D eigenvalue weighted by Crippen LogP contribution is -2.44. The molecule has 0 aliphatic carbocycles. The Kier molecular flexibility index (Phi) is 5.05. The van der Waals surface area contributed by atoms with Crippen LogP contribution in [0.15, 0.2) is 23.1 Å². The molecule has 1 unspecified atom stereocenters. The van der Waals surface area contributed by atoms with Crippen molar-refractivity contribution in [1.29, 1.82) is 0 Å². The summed E-state index contributed by atoms with van der Waals surface area (Å²) in [5.74, 6) is 0.515. The number of ether oxygens (including phenoxy) is 1. The van der Waals surface area contributed by atoms with Gasteiger partial charge in [-0.3, -0.25) is 10.1 Å². The average Bonchev–Trinajstić information content (AvgIpc) is 2.44. The van der Waals surface area contributed by atoms with E-state index in [0.29, 0.717) is 4.90 Å². The Hall–Kier alpha value is -1.07. The van der Waals surface area contributed by atoms with Crippen LogP contribution in [0.25, 0.3) is 0 Å². The van der Waals surface area contributed by atoms with Gasteiger partial charge in [0.25, 0.3) is 0 Å². The van der Waals surface area contributed by atoms with Crippen molar-refractivity contribution in [1.82, 2.24) is 5.32 Å². The number of carbonyl (C=O) groups excluding carboxylic acids is 1. The van der Waals surface area contributed by atoms with Crippen LogP contribution in [0, 0.1) is 11.7 Å². The van der Waals surface area contributed by atoms with Gasteiger partial charge in [0.15, 0.2) is 0 Å². The van der Waals surface area contributed by atoms with E-state index in [0.717, 1.165) is 17.7 Å². The molecular formula is C15H20FNO2S. The highest BCUT2D eigenvalue weighted by Gasteiger charge is 2.30. The van der Waals surface area contributed by atoms with Crippen molar-refractivity contribution in [3.8, 4) is 0 Å². The molecule has 0 saturated heterocycles. The summed E-state index contributed by atoms with van der Waals surface area (Å²) in [4.78, 5) is 12.5. The largest absolute Gasteiger partial charge is 0.468 e. The van der Waals surface area contributed by atoms with E-state index < -0.39 is 0 Å². The molecule has 2 rings (SSSR count). The summed E-state index contributed by atoms with van der Waals surface area (Å²) in [5, 5.41) is 3.33. The van der Waals surface area contributed by atoms with Crippen LogP contribution >= 0.6 is 11.8 Å².